The zero-order chi connectivity index (χ0) is 12.0. The van der Waals surface area contributed by atoms with E-state index in [0.29, 0.717) is 0 Å². The molecule has 90 valence electrons. The van der Waals surface area contributed by atoms with E-state index in [1.807, 2.05) is 0 Å². The Morgan fingerprint density at radius 2 is 1.69 bits per heavy atom. The molecular formula is C14H24N2. The highest BCUT2D eigenvalue weighted by Crippen LogP contribution is 2.11. The van der Waals surface area contributed by atoms with E-state index in [-0.39, 0.29) is 5.41 Å². The molecule has 0 aliphatic rings. The minimum absolute atomic E-state index is 0.184. The Morgan fingerprint density at radius 3 is 2.19 bits per heavy atom. The minimum Gasteiger partial charge on any atom is -0.330 e. The summed E-state index contributed by atoms with van der Waals surface area (Å²) in [6, 6.07) is 8.79. The van der Waals surface area contributed by atoms with Crippen LogP contribution < -0.4 is 11.1 Å². The van der Waals surface area contributed by atoms with Crippen molar-refractivity contribution in [2.24, 2.45) is 11.1 Å². The van der Waals surface area contributed by atoms with Crippen molar-refractivity contribution in [2.75, 3.05) is 13.1 Å². The molecule has 0 atom stereocenters. The molecule has 3 N–H and O–H groups in total. The molecule has 0 amide bonds. The first-order valence-corrected chi connectivity index (χ1v) is 6.06. The topological polar surface area (TPSA) is 38.0 Å². The standard InChI is InChI=1S/C14H24N2/c1-4-12-5-7-13(8-6-12)9-16-11-14(2,3)10-15/h5-8,16H,4,9-11,15H2,1-3H3. The maximum absolute atomic E-state index is 5.68. The van der Waals surface area contributed by atoms with Gasteiger partial charge >= 0.3 is 0 Å². The van der Waals surface area contributed by atoms with Gasteiger partial charge in [-0.15, -0.1) is 0 Å². The first-order valence-electron chi connectivity index (χ1n) is 6.06. The Hall–Kier alpha value is -0.860. The number of aryl methyl sites for hydroxylation is 1. The van der Waals surface area contributed by atoms with E-state index in [9.17, 15) is 0 Å². The summed E-state index contributed by atoms with van der Waals surface area (Å²) in [7, 11) is 0. The highest BCUT2D eigenvalue weighted by atomic mass is 14.9. The Bertz CT molecular complexity index is 301. The average molecular weight is 220 g/mol. The Morgan fingerprint density at radius 1 is 1.12 bits per heavy atom. The molecule has 0 aliphatic heterocycles. The summed E-state index contributed by atoms with van der Waals surface area (Å²) in [6.07, 6.45) is 1.11. The smallest absolute Gasteiger partial charge is 0.0205 e. The predicted octanol–water partition coefficient (Wildman–Crippen LogP) is 2.32. The molecule has 16 heavy (non-hydrogen) atoms. The van der Waals surface area contributed by atoms with Crippen LogP contribution in [-0.4, -0.2) is 13.1 Å². The molecule has 2 nitrogen and oxygen atoms in total. The van der Waals surface area contributed by atoms with E-state index >= 15 is 0 Å². The Labute approximate surface area is 99.2 Å². The third kappa shape index (κ3) is 4.33. The number of nitrogens with one attached hydrogen (secondary N) is 1. The van der Waals surface area contributed by atoms with E-state index in [0.717, 1.165) is 26.1 Å². The number of hydrogen-bond acceptors (Lipinski definition) is 2. The van der Waals surface area contributed by atoms with E-state index < -0.39 is 0 Å². The first kappa shape index (κ1) is 13.2. The van der Waals surface area contributed by atoms with Crippen LogP contribution in [0, 0.1) is 5.41 Å². The van der Waals surface area contributed by atoms with Gasteiger partial charge in [0.05, 0.1) is 0 Å². The number of rotatable bonds is 6. The fraction of sp³-hybridized carbons (Fsp3) is 0.571. The lowest BCUT2D eigenvalue weighted by Gasteiger charge is -2.22. The maximum atomic E-state index is 5.68. The summed E-state index contributed by atoms with van der Waals surface area (Å²) < 4.78 is 0. The van der Waals surface area contributed by atoms with Crippen LogP contribution in [0.25, 0.3) is 0 Å². The molecule has 0 saturated carbocycles. The lowest BCUT2D eigenvalue weighted by molar-refractivity contribution is 0.351. The molecule has 2 heteroatoms. The summed E-state index contributed by atoms with van der Waals surface area (Å²) >= 11 is 0. The van der Waals surface area contributed by atoms with Gasteiger partial charge in [0.2, 0.25) is 0 Å². The monoisotopic (exact) mass is 220 g/mol. The van der Waals surface area contributed by atoms with E-state index in [1.165, 1.54) is 11.1 Å². The zero-order valence-electron chi connectivity index (χ0n) is 10.7. The van der Waals surface area contributed by atoms with Crippen LogP contribution in [0.5, 0.6) is 0 Å². The average Bonchev–Trinajstić information content (AvgIpc) is 2.30. The van der Waals surface area contributed by atoms with Gasteiger partial charge in [0.25, 0.3) is 0 Å². The van der Waals surface area contributed by atoms with Crippen molar-refractivity contribution in [3.8, 4) is 0 Å². The molecule has 1 aromatic rings. The second kappa shape index (κ2) is 6.02. The van der Waals surface area contributed by atoms with Gasteiger partial charge < -0.3 is 11.1 Å². The van der Waals surface area contributed by atoms with Crippen LogP contribution in [0.15, 0.2) is 24.3 Å². The molecular weight excluding hydrogens is 196 g/mol. The lowest BCUT2D eigenvalue weighted by Crippen LogP contribution is -2.35. The zero-order valence-corrected chi connectivity index (χ0v) is 10.7. The van der Waals surface area contributed by atoms with Crippen molar-refractivity contribution < 1.29 is 0 Å². The fourth-order valence-corrected chi connectivity index (χ4v) is 1.51. The van der Waals surface area contributed by atoms with Crippen molar-refractivity contribution in [3.05, 3.63) is 35.4 Å². The summed E-state index contributed by atoms with van der Waals surface area (Å²) in [4.78, 5) is 0. The predicted molar refractivity (Wildman–Crippen MR) is 70.4 cm³/mol. The summed E-state index contributed by atoms with van der Waals surface area (Å²) in [5.74, 6) is 0. The molecule has 0 saturated heterocycles. The number of benzene rings is 1. The van der Waals surface area contributed by atoms with E-state index in [1.54, 1.807) is 0 Å². The molecule has 1 rings (SSSR count). The van der Waals surface area contributed by atoms with Crippen LogP contribution in [0.4, 0.5) is 0 Å². The summed E-state index contributed by atoms with van der Waals surface area (Å²) in [6.45, 7) is 9.14. The second-order valence-corrected chi connectivity index (χ2v) is 5.14. The van der Waals surface area contributed by atoms with Crippen LogP contribution >= 0.6 is 0 Å². The highest BCUT2D eigenvalue weighted by Gasteiger charge is 2.14. The fourth-order valence-electron chi connectivity index (χ4n) is 1.51. The number of hydrogen-bond donors (Lipinski definition) is 2. The Balaban J connectivity index is 2.37. The molecule has 0 fully saturated rings. The van der Waals surface area contributed by atoms with E-state index in [2.05, 4.69) is 50.4 Å². The van der Waals surface area contributed by atoms with Crippen molar-refractivity contribution >= 4 is 0 Å². The largest absolute Gasteiger partial charge is 0.330 e. The second-order valence-electron chi connectivity index (χ2n) is 5.14. The van der Waals surface area contributed by atoms with Gasteiger partial charge in [-0.05, 0) is 29.5 Å². The molecule has 1 aromatic carbocycles. The summed E-state index contributed by atoms with van der Waals surface area (Å²) in [5.41, 5.74) is 8.60. The quantitative estimate of drug-likeness (QED) is 0.772. The van der Waals surface area contributed by atoms with Gasteiger partial charge in [0.1, 0.15) is 0 Å². The van der Waals surface area contributed by atoms with Crippen LogP contribution in [0.1, 0.15) is 31.9 Å². The SMILES string of the molecule is CCc1ccc(CNCC(C)(C)CN)cc1. The molecule has 0 aliphatic carbocycles. The normalized spacial score (nSPS) is 11.8. The molecule has 0 aromatic heterocycles. The van der Waals surface area contributed by atoms with E-state index in [4.69, 9.17) is 5.73 Å². The van der Waals surface area contributed by atoms with Gasteiger partial charge in [-0.3, -0.25) is 0 Å². The van der Waals surface area contributed by atoms with Crippen molar-refractivity contribution in [1.82, 2.24) is 5.32 Å². The van der Waals surface area contributed by atoms with Gasteiger partial charge in [0.15, 0.2) is 0 Å². The molecule has 0 radical (unpaired) electrons. The highest BCUT2D eigenvalue weighted by molar-refractivity contribution is 5.22. The van der Waals surface area contributed by atoms with Gasteiger partial charge in [0, 0.05) is 13.1 Å². The third-order valence-corrected chi connectivity index (χ3v) is 2.92. The van der Waals surface area contributed by atoms with Crippen LogP contribution in [0.3, 0.4) is 0 Å². The van der Waals surface area contributed by atoms with Crippen LogP contribution in [0.2, 0.25) is 0 Å². The first-order chi connectivity index (χ1) is 7.57. The van der Waals surface area contributed by atoms with Crippen molar-refractivity contribution in [3.63, 3.8) is 0 Å². The summed E-state index contributed by atoms with van der Waals surface area (Å²) in [5, 5.41) is 3.45. The molecule has 0 spiro atoms. The minimum atomic E-state index is 0.184. The van der Waals surface area contributed by atoms with Crippen molar-refractivity contribution in [2.45, 2.75) is 33.7 Å². The third-order valence-electron chi connectivity index (χ3n) is 2.92. The van der Waals surface area contributed by atoms with Crippen molar-refractivity contribution in [1.29, 1.82) is 0 Å². The van der Waals surface area contributed by atoms with Gasteiger partial charge in [-0.25, -0.2) is 0 Å². The number of nitrogens with two attached hydrogens (primary N) is 1. The molecule has 0 unspecified atom stereocenters. The molecule has 0 bridgehead atoms. The van der Waals surface area contributed by atoms with Crippen LogP contribution in [-0.2, 0) is 13.0 Å². The van der Waals surface area contributed by atoms with Gasteiger partial charge in [-0.2, -0.15) is 0 Å². The van der Waals surface area contributed by atoms with Gasteiger partial charge in [-0.1, -0.05) is 45.0 Å². The molecule has 0 heterocycles. The lowest BCUT2D eigenvalue weighted by atomic mass is 9.94. The maximum Gasteiger partial charge on any atom is 0.0205 e. The Kier molecular flexibility index (Phi) is 4.97.